The van der Waals surface area contributed by atoms with E-state index in [0.29, 0.717) is 29.2 Å². The lowest BCUT2D eigenvalue weighted by molar-refractivity contribution is 0.0696. The standard InChI is InChI=1S/C36H30N10O14S3/c1-46(10-11-47)36-40-34(37-21-2-6-23(7-3-21)42-44-25-13-19(32(48)49)12-20(14-25)33(50)51)39-35(41-36)38-22-4-8-24(9-5-22)43-45-26-15-28-29(30(16-26)62(55,56)57)17-27(61(52,53)54)18-31(28)63(58,59)60/h2-9,12-18,47H,10-11H2,1H3,(H,48,49)(H,50,51)(H,52,53,54)(H,55,56,57)(H,58,59,60)(H2,37,38,39,40,41)/b44-42+,45-43+. The number of aliphatic hydroxyl groups excluding tert-OH is 1. The number of carboxylic acids is 2. The van der Waals surface area contributed by atoms with Gasteiger partial charge in [-0.05, 0) is 91.0 Å². The minimum atomic E-state index is -5.23. The number of rotatable bonds is 16. The van der Waals surface area contributed by atoms with Gasteiger partial charge in [-0.25, -0.2) is 9.59 Å². The van der Waals surface area contributed by atoms with Gasteiger partial charge in [0.15, 0.2) is 0 Å². The van der Waals surface area contributed by atoms with Crippen LogP contribution in [0.1, 0.15) is 20.7 Å². The highest BCUT2D eigenvalue weighted by Crippen LogP contribution is 2.36. The van der Waals surface area contributed by atoms with Crippen molar-refractivity contribution in [2.45, 2.75) is 14.7 Å². The number of likely N-dealkylation sites (N-methyl/N-ethyl adjacent to an activating group) is 1. The Bertz CT molecular complexity index is 3160. The zero-order chi connectivity index (χ0) is 45.9. The topological polar surface area (TPSA) is 373 Å². The van der Waals surface area contributed by atoms with Gasteiger partial charge in [0.05, 0.1) is 45.4 Å². The third-order valence-electron chi connectivity index (χ3n) is 8.43. The Kier molecular flexibility index (Phi) is 12.8. The predicted octanol–water partition coefficient (Wildman–Crippen LogP) is 5.91. The van der Waals surface area contributed by atoms with Gasteiger partial charge in [0.1, 0.15) is 9.79 Å². The fourth-order valence-corrected chi connectivity index (χ4v) is 7.56. The van der Waals surface area contributed by atoms with E-state index < -0.39 is 67.8 Å². The zero-order valence-electron chi connectivity index (χ0n) is 31.8. The third kappa shape index (κ3) is 11.3. The Morgan fingerprint density at radius 1 is 0.571 bits per heavy atom. The number of azo groups is 2. The van der Waals surface area contributed by atoms with E-state index in [-0.39, 0.29) is 59.2 Å². The first kappa shape index (κ1) is 45.1. The first-order chi connectivity index (χ1) is 29.6. The average molecular weight is 923 g/mol. The van der Waals surface area contributed by atoms with Gasteiger partial charge in [-0.15, -0.1) is 0 Å². The number of benzene rings is 5. The lowest BCUT2D eigenvalue weighted by Crippen LogP contribution is -2.24. The number of carboxylic acid groups (broad SMARTS) is 2. The van der Waals surface area contributed by atoms with E-state index in [2.05, 4.69) is 46.0 Å². The van der Waals surface area contributed by atoms with E-state index >= 15 is 0 Å². The molecule has 5 aromatic carbocycles. The Morgan fingerprint density at radius 2 is 1.00 bits per heavy atom. The highest BCUT2D eigenvalue weighted by Gasteiger charge is 2.26. The predicted molar refractivity (Wildman–Crippen MR) is 222 cm³/mol. The molecule has 0 aliphatic rings. The van der Waals surface area contributed by atoms with E-state index in [4.69, 9.17) is 0 Å². The lowest BCUT2D eigenvalue weighted by atomic mass is 10.1. The van der Waals surface area contributed by atoms with Gasteiger partial charge in [-0.2, -0.15) is 60.7 Å². The van der Waals surface area contributed by atoms with Crippen LogP contribution in [0.15, 0.2) is 126 Å². The molecular formula is C36H30N10O14S3. The molecule has 1 aromatic heterocycles. The fraction of sp³-hybridized carbons (Fsp3) is 0.0833. The molecule has 8 N–H and O–H groups in total. The molecule has 326 valence electrons. The molecule has 0 aliphatic carbocycles. The molecule has 0 amide bonds. The second-order valence-electron chi connectivity index (χ2n) is 12.9. The van der Waals surface area contributed by atoms with Crippen LogP contribution >= 0.6 is 0 Å². The van der Waals surface area contributed by atoms with E-state index in [1.54, 1.807) is 36.2 Å². The summed E-state index contributed by atoms with van der Waals surface area (Å²) < 4.78 is 102. The van der Waals surface area contributed by atoms with Gasteiger partial charge in [-0.3, -0.25) is 13.7 Å². The number of carbonyl (C=O) groups is 2. The molecule has 0 atom stereocenters. The van der Waals surface area contributed by atoms with Crippen molar-refractivity contribution >= 4 is 105 Å². The zero-order valence-corrected chi connectivity index (χ0v) is 34.3. The van der Waals surface area contributed by atoms with E-state index in [9.17, 15) is 63.8 Å². The van der Waals surface area contributed by atoms with Crippen LogP contribution in [-0.2, 0) is 30.4 Å². The largest absolute Gasteiger partial charge is 0.478 e. The maximum absolute atomic E-state index is 12.3. The van der Waals surface area contributed by atoms with E-state index in [1.165, 1.54) is 36.4 Å². The van der Waals surface area contributed by atoms with Crippen molar-refractivity contribution in [1.29, 1.82) is 0 Å². The van der Waals surface area contributed by atoms with Gasteiger partial charge in [-0.1, -0.05) is 0 Å². The molecule has 0 spiro atoms. The number of aromatic carboxylic acids is 2. The average Bonchev–Trinajstić information content (AvgIpc) is 3.21. The van der Waals surface area contributed by atoms with Crippen molar-refractivity contribution in [1.82, 2.24) is 15.0 Å². The van der Waals surface area contributed by atoms with Crippen LogP contribution in [0.25, 0.3) is 10.8 Å². The second-order valence-corrected chi connectivity index (χ2v) is 17.1. The van der Waals surface area contributed by atoms with Crippen molar-refractivity contribution in [3.8, 4) is 0 Å². The van der Waals surface area contributed by atoms with Crippen molar-refractivity contribution < 1.29 is 63.8 Å². The SMILES string of the molecule is CN(CCO)c1nc(Nc2ccc(/N=N/c3cc(C(=O)O)cc(C(=O)O)c3)cc2)nc(Nc2ccc(/N=N/c3cc(S(=O)(=O)O)c4cc(S(=O)(=O)O)cc(S(=O)(=O)O)c4c3)cc2)n1. The Morgan fingerprint density at radius 3 is 1.43 bits per heavy atom. The van der Waals surface area contributed by atoms with Crippen LogP contribution < -0.4 is 15.5 Å². The molecule has 24 nitrogen and oxygen atoms in total. The molecule has 0 aliphatic heterocycles. The number of nitrogens with one attached hydrogen (secondary N) is 2. The van der Waals surface area contributed by atoms with Crippen LogP contribution in [0.2, 0.25) is 0 Å². The molecular weight excluding hydrogens is 893 g/mol. The highest BCUT2D eigenvalue weighted by molar-refractivity contribution is 7.87. The molecule has 1 heterocycles. The van der Waals surface area contributed by atoms with Crippen LogP contribution in [-0.4, -0.2) is 101 Å². The quantitative estimate of drug-likeness (QED) is 0.0413. The van der Waals surface area contributed by atoms with Crippen LogP contribution in [0.5, 0.6) is 0 Å². The summed E-state index contributed by atoms with van der Waals surface area (Å²) in [5.74, 6) is -2.38. The summed E-state index contributed by atoms with van der Waals surface area (Å²) in [6.45, 7) is -0.0533. The summed E-state index contributed by atoms with van der Waals surface area (Å²) in [5.41, 5.74) is 0.551. The van der Waals surface area contributed by atoms with Crippen molar-refractivity contribution in [2.24, 2.45) is 20.5 Å². The van der Waals surface area contributed by atoms with Gasteiger partial charge in [0.25, 0.3) is 30.4 Å². The number of hydrogen-bond acceptors (Lipinski definition) is 19. The second kappa shape index (κ2) is 17.9. The maximum Gasteiger partial charge on any atom is 0.335 e. The van der Waals surface area contributed by atoms with Gasteiger partial charge in [0.2, 0.25) is 17.8 Å². The number of aliphatic hydroxyl groups is 1. The monoisotopic (exact) mass is 922 g/mol. The maximum atomic E-state index is 12.3. The molecule has 0 radical (unpaired) electrons. The highest BCUT2D eigenvalue weighted by atomic mass is 32.2. The first-order valence-electron chi connectivity index (χ1n) is 17.4. The number of anilines is 5. The summed E-state index contributed by atoms with van der Waals surface area (Å²) in [5, 5.41) is 48.9. The third-order valence-corrected chi connectivity index (χ3v) is 11.0. The molecule has 0 saturated carbocycles. The summed E-state index contributed by atoms with van der Waals surface area (Å²) in [6.07, 6.45) is 0. The van der Waals surface area contributed by atoms with Gasteiger partial charge >= 0.3 is 11.9 Å². The lowest BCUT2D eigenvalue weighted by Gasteiger charge is -2.17. The molecule has 63 heavy (non-hydrogen) atoms. The smallest absolute Gasteiger partial charge is 0.335 e. The molecule has 0 saturated heterocycles. The molecule has 6 aromatic rings. The fourth-order valence-electron chi connectivity index (χ4n) is 5.51. The normalized spacial score (nSPS) is 12.2. The molecule has 27 heteroatoms. The number of fused-ring (bicyclic) bond motifs is 1. The van der Waals surface area contributed by atoms with E-state index in [1.807, 2.05) is 0 Å². The Hall–Kier alpha value is -7.40. The summed E-state index contributed by atoms with van der Waals surface area (Å²) >= 11 is 0. The first-order valence-corrected chi connectivity index (χ1v) is 21.7. The number of hydrogen-bond donors (Lipinski definition) is 8. The van der Waals surface area contributed by atoms with Crippen molar-refractivity contribution in [3.05, 3.63) is 102 Å². The summed E-state index contributed by atoms with van der Waals surface area (Å²) in [6, 6.07) is 18.4. The molecule has 0 fully saturated rings. The number of aromatic nitrogens is 3. The minimum Gasteiger partial charge on any atom is -0.478 e. The minimum absolute atomic E-state index is 0.0123. The van der Waals surface area contributed by atoms with Crippen LogP contribution in [0.3, 0.4) is 0 Å². The summed E-state index contributed by atoms with van der Waals surface area (Å²) in [4.78, 5) is 34.4. The Balaban J connectivity index is 1.23. The summed E-state index contributed by atoms with van der Waals surface area (Å²) in [7, 11) is -13.9. The van der Waals surface area contributed by atoms with Crippen molar-refractivity contribution in [2.75, 3.05) is 35.7 Å². The van der Waals surface area contributed by atoms with E-state index in [0.717, 1.165) is 18.2 Å². The molecule has 0 unspecified atom stereocenters. The van der Waals surface area contributed by atoms with Crippen molar-refractivity contribution in [3.63, 3.8) is 0 Å². The van der Waals surface area contributed by atoms with Gasteiger partial charge < -0.3 is 30.9 Å². The number of nitrogens with zero attached hydrogens (tertiary/aromatic N) is 8. The molecule has 0 bridgehead atoms. The molecule has 6 rings (SSSR count). The van der Waals surface area contributed by atoms with Gasteiger partial charge in [0, 0.05) is 35.7 Å². The van der Waals surface area contributed by atoms with Crippen LogP contribution in [0.4, 0.5) is 52.0 Å². The van der Waals surface area contributed by atoms with Crippen LogP contribution in [0, 0.1) is 0 Å². The Labute approximate surface area is 355 Å².